The molecule has 2 aromatic rings. The SMILES string of the molecule is CC(C)c1cnc(CN2CC(Cn3nc4c(cc3=O)CCCC4)C2)o1. The van der Waals surface area contributed by atoms with Crippen molar-refractivity contribution in [1.82, 2.24) is 19.7 Å². The first-order valence-corrected chi connectivity index (χ1v) is 9.35. The largest absolute Gasteiger partial charge is 0.444 e. The predicted molar refractivity (Wildman–Crippen MR) is 94.5 cm³/mol. The predicted octanol–water partition coefficient (Wildman–Crippen LogP) is 2.37. The Kier molecular flexibility index (Phi) is 4.46. The Labute approximate surface area is 147 Å². The minimum Gasteiger partial charge on any atom is -0.444 e. The van der Waals surface area contributed by atoms with E-state index in [1.807, 2.05) is 6.20 Å². The quantitative estimate of drug-likeness (QED) is 0.835. The van der Waals surface area contributed by atoms with Crippen LogP contribution in [0.3, 0.4) is 0 Å². The highest BCUT2D eigenvalue weighted by Gasteiger charge is 2.29. The summed E-state index contributed by atoms with van der Waals surface area (Å²) >= 11 is 0. The summed E-state index contributed by atoms with van der Waals surface area (Å²) in [5.41, 5.74) is 2.34. The summed E-state index contributed by atoms with van der Waals surface area (Å²) in [6, 6.07) is 1.80. The molecule has 0 N–H and O–H groups in total. The van der Waals surface area contributed by atoms with Crippen molar-refractivity contribution in [2.24, 2.45) is 5.92 Å². The molecule has 1 aliphatic heterocycles. The van der Waals surface area contributed by atoms with Gasteiger partial charge in [0.15, 0.2) is 0 Å². The second-order valence-corrected chi connectivity index (χ2v) is 7.71. The maximum absolute atomic E-state index is 12.3. The fraction of sp³-hybridized carbons (Fsp3) is 0.632. The van der Waals surface area contributed by atoms with Gasteiger partial charge in [0.1, 0.15) is 5.76 Å². The highest BCUT2D eigenvalue weighted by atomic mass is 16.4. The van der Waals surface area contributed by atoms with E-state index in [4.69, 9.17) is 4.42 Å². The van der Waals surface area contributed by atoms with E-state index < -0.39 is 0 Å². The van der Waals surface area contributed by atoms with Gasteiger partial charge >= 0.3 is 0 Å². The Bertz CT molecular complexity index is 802. The number of nitrogens with zero attached hydrogens (tertiary/aromatic N) is 4. The Morgan fingerprint density at radius 2 is 2.08 bits per heavy atom. The van der Waals surface area contributed by atoms with Gasteiger partial charge < -0.3 is 4.42 Å². The first-order valence-electron chi connectivity index (χ1n) is 9.35. The summed E-state index contributed by atoms with van der Waals surface area (Å²) in [7, 11) is 0. The molecule has 6 heteroatoms. The third kappa shape index (κ3) is 3.54. The van der Waals surface area contributed by atoms with Crippen LogP contribution in [0.1, 0.15) is 55.5 Å². The van der Waals surface area contributed by atoms with Crippen LogP contribution < -0.4 is 5.56 Å². The zero-order valence-electron chi connectivity index (χ0n) is 15.1. The molecule has 0 unspecified atom stereocenters. The molecule has 0 saturated carbocycles. The molecule has 4 rings (SSSR count). The maximum Gasteiger partial charge on any atom is 0.267 e. The van der Waals surface area contributed by atoms with Crippen LogP contribution in [0.4, 0.5) is 0 Å². The molecule has 2 aromatic heterocycles. The molecule has 0 bridgehead atoms. The number of aryl methyl sites for hydroxylation is 2. The van der Waals surface area contributed by atoms with Gasteiger partial charge in [0.25, 0.3) is 5.56 Å². The summed E-state index contributed by atoms with van der Waals surface area (Å²) in [6.07, 6.45) is 6.20. The Balaban J connectivity index is 1.33. The van der Waals surface area contributed by atoms with Gasteiger partial charge in [-0.05, 0) is 31.2 Å². The van der Waals surface area contributed by atoms with E-state index in [2.05, 4.69) is 28.8 Å². The average Bonchev–Trinajstić information content (AvgIpc) is 3.02. The summed E-state index contributed by atoms with van der Waals surface area (Å²) in [6.45, 7) is 7.59. The molecule has 1 aliphatic carbocycles. The maximum atomic E-state index is 12.3. The average molecular weight is 342 g/mol. The van der Waals surface area contributed by atoms with Gasteiger partial charge in [-0.3, -0.25) is 9.69 Å². The van der Waals surface area contributed by atoms with Gasteiger partial charge in [0, 0.05) is 31.0 Å². The number of hydrogen-bond acceptors (Lipinski definition) is 5. The zero-order valence-corrected chi connectivity index (χ0v) is 15.1. The van der Waals surface area contributed by atoms with Crippen LogP contribution in [0.25, 0.3) is 0 Å². The van der Waals surface area contributed by atoms with Crippen molar-refractivity contribution < 1.29 is 4.42 Å². The number of aromatic nitrogens is 3. The van der Waals surface area contributed by atoms with Crippen LogP contribution in [0, 0.1) is 5.92 Å². The molecule has 0 radical (unpaired) electrons. The molecule has 0 spiro atoms. The fourth-order valence-electron chi connectivity index (χ4n) is 3.75. The molecule has 25 heavy (non-hydrogen) atoms. The van der Waals surface area contributed by atoms with Crippen molar-refractivity contribution in [2.75, 3.05) is 13.1 Å². The van der Waals surface area contributed by atoms with Crippen LogP contribution in [0.15, 0.2) is 21.5 Å². The molecule has 6 nitrogen and oxygen atoms in total. The van der Waals surface area contributed by atoms with Crippen molar-refractivity contribution in [3.63, 3.8) is 0 Å². The van der Waals surface area contributed by atoms with Gasteiger partial charge in [-0.1, -0.05) is 13.8 Å². The van der Waals surface area contributed by atoms with Crippen LogP contribution >= 0.6 is 0 Å². The van der Waals surface area contributed by atoms with Crippen LogP contribution in [-0.2, 0) is 25.9 Å². The molecule has 0 amide bonds. The topological polar surface area (TPSA) is 64.2 Å². The van der Waals surface area contributed by atoms with E-state index in [0.29, 0.717) is 18.4 Å². The Morgan fingerprint density at radius 3 is 2.84 bits per heavy atom. The normalized spacial score (nSPS) is 18.4. The van der Waals surface area contributed by atoms with E-state index in [1.54, 1.807) is 10.7 Å². The lowest BCUT2D eigenvalue weighted by atomic mass is 9.96. The third-order valence-electron chi connectivity index (χ3n) is 5.24. The van der Waals surface area contributed by atoms with Gasteiger partial charge in [0.2, 0.25) is 5.89 Å². The van der Waals surface area contributed by atoms with E-state index >= 15 is 0 Å². The lowest BCUT2D eigenvalue weighted by molar-refractivity contribution is 0.0673. The summed E-state index contributed by atoms with van der Waals surface area (Å²) in [5.74, 6) is 2.57. The van der Waals surface area contributed by atoms with E-state index in [9.17, 15) is 4.79 Å². The minimum atomic E-state index is 0.0494. The van der Waals surface area contributed by atoms with Crippen molar-refractivity contribution in [2.45, 2.75) is 58.5 Å². The van der Waals surface area contributed by atoms with E-state index in [1.165, 1.54) is 12.8 Å². The van der Waals surface area contributed by atoms with Crippen molar-refractivity contribution in [1.29, 1.82) is 0 Å². The number of likely N-dealkylation sites (tertiary alicyclic amines) is 1. The van der Waals surface area contributed by atoms with Crippen LogP contribution in [0.2, 0.25) is 0 Å². The highest BCUT2D eigenvalue weighted by molar-refractivity contribution is 5.20. The second-order valence-electron chi connectivity index (χ2n) is 7.71. The molecule has 1 fully saturated rings. The summed E-state index contributed by atoms with van der Waals surface area (Å²) < 4.78 is 7.44. The number of fused-ring (bicyclic) bond motifs is 1. The smallest absolute Gasteiger partial charge is 0.267 e. The van der Waals surface area contributed by atoms with Crippen molar-refractivity contribution in [3.05, 3.63) is 45.5 Å². The molecule has 134 valence electrons. The summed E-state index contributed by atoms with van der Waals surface area (Å²) in [5, 5.41) is 4.62. The lowest BCUT2D eigenvalue weighted by Crippen LogP contribution is -2.49. The molecular weight excluding hydrogens is 316 g/mol. The van der Waals surface area contributed by atoms with Crippen LogP contribution in [-0.4, -0.2) is 32.8 Å². The lowest BCUT2D eigenvalue weighted by Gasteiger charge is -2.38. The molecule has 2 aliphatic rings. The monoisotopic (exact) mass is 342 g/mol. The Morgan fingerprint density at radius 1 is 1.28 bits per heavy atom. The van der Waals surface area contributed by atoms with Gasteiger partial charge in [-0.25, -0.2) is 9.67 Å². The van der Waals surface area contributed by atoms with Crippen molar-refractivity contribution in [3.8, 4) is 0 Å². The van der Waals surface area contributed by atoms with E-state index in [-0.39, 0.29) is 5.56 Å². The first-order chi connectivity index (χ1) is 12.1. The number of rotatable bonds is 5. The number of oxazole rings is 1. The van der Waals surface area contributed by atoms with Gasteiger partial charge in [-0.15, -0.1) is 0 Å². The first kappa shape index (κ1) is 16.5. The molecular formula is C19H26N4O2. The van der Waals surface area contributed by atoms with Gasteiger partial charge in [0.05, 0.1) is 25.0 Å². The standard InChI is InChI=1S/C19H26N4O2/c1-13(2)17-8-20-18(25-17)12-22-9-14(10-22)11-23-19(24)7-15-5-3-4-6-16(15)21-23/h7-8,13-14H,3-6,9-12H2,1-2H3. The van der Waals surface area contributed by atoms with Gasteiger partial charge in [-0.2, -0.15) is 5.10 Å². The molecule has 1 saturated heterocycles. The fourth-order valence-corrected chi connectivity index (χ4v) is 3.75. The highest BCUT2D eigenvalue weighted by Crippen LogP contribution is 2.22. The zero-order chi connectivity index (χ0) is 17.4. The molecule has 0 atom stereocenters. The number of hydrogen-bond donors (Lipinski definition) is 0. The minimum absolute atomic E-state index is 0.0494. The second kappa shape index (κ2) is 6.75. The third-order valence-corrected chi connectivity index (χ3v) is 5.24. The van der Waals surface area contributed by atoms with Crippen molar-refractivity contribution >= 4 is 0 Å². The summed E-state index contributed by atoms with van der Waals surface area (Å²) in [4.78, 5) is 18.9. The van der Waals surface area contributed by atoms with E-state index in [0.717, 1.165) is 55.4 Å². The molecule has 3 heterocycles. The molecule has 0 aromatic carbocycles. The van der Waals surface area contributed by atoms with Crippen LogP contribution in [0.5, 0.6) is 0 Å². The Hall–Kier alpha value is -1.95.